The summed E-state index contributed by atoms with van der Waals surface area (Å²) in [6.45, 7) is 7.95. The Hall–Kier alpha value is -2.21. The fraction of sp³-hybridized carbons (Fsp3) is 0.471. The lowest BCUT2D eigenvalue weighted by Gasteiger charge is -2.22. The van der Waals surface area contributed by atoms with E-state index in [1.54, 1.807) is 12.1 Å². The maximum absolute atomic E-state index is 12.3. The Morgan fingerprint density at radius 3 is 2.00 bits per heavy atom. The van der Waals surface area contributed by atoms with E-state index in [1.165, 1.54) is 12.1 Å². The topological polar surface area (TPSA) is 72.9 Å². The quantitative estimate of drug-likeness (QED) is 0.753. The van der Waals surface area contributed by atoms with Crippen LogP contribution in [0.15, 0.2) is 24.3 Å². The van der Waals surface area contributed by atoms with Crippen molar-refractivity contribution in [1.29, 1.82) is 0 Å². The van der Waals surface area contributed by atoms with Gasteiger partial charge in [0.25, 0.3) is 11.8 Å². The molecule has 0 aromatic heterocycles. The molecule has 0 fully saturated rings. The number of rotatable bonds is 6. The normalized spacial score (nSPS) is 15.3. The highest BCUT2D eigenvalue weighted by Gasteiger charge is 2.40. The average Bonchev–Trinajstić information content (AvgIpc) is 2.72. The van der Waals surface area contributed by atoms with Crippen molar-refractivity contribution in [1.82, 2.24) is 5.06 Å². The van der Waals surface area contributed by atoms with Crippen molar-refractivity contribution in [2.75, 3.05) is 6.61 Å². The van der Waals surface area contributed by atoms with Gasteiger partial charge in [-0.2, -0.15) is 0 Å². The lowest BCUT2D eigenvalue weighted by Crippen LogP contribution is -2.40. The van der Waals surface area contributed by atoms with Crippen LogP contribution < -0.4 is 0 Å². The molecule has 1 heterocycles. The van der Waals surface area contributed by atoms with Gasteiger partial charge in [0.2, 0.25) is 0 Å². The van der Waals surface area contributed by atoms with Crippen LogP contribution in [0, 0.1) is 11.8 Å². The third-order valence-corrected chi connectivity index (χ3v) is 3.38. The monoisotopic (exact) mass is 319 g/mol. The van der Waals surface area contributed by atoms with Crippen molar-refractivity contribution in [3.63, 3.8) is 0 Å². The number of nitrogens with zero attached hydrogens (tertiary/aromatic N) is 1. The number of amides is 2. The molecule has 1 unspecified atom stereocenters. The fourth-order valence-corrected chi connectivity index (χ4v) is 2.22. The van der Waals surface area contributed by atoms with Crippen molar-refractivity contribution in [2.24, 2.45) is 11.8 Å². The molecule has 0 N–H and O–H groups in total. The van der Waals surface area contributed by atoms with Crippen LogP contribution in [0.2, 0.25) is 0 Å². The molecule has 2 amide bonds. The Balaban J connectivity index is 2.11. The molecule has 1 aliphatic heterocycles. The number of carbonyl (C=O) groups is 3. The lowest BCUT2D eigenvalue weighted by molar-refractivity contribution is -0.185. The second-order valence-corrected chi connectivity index (χ2v) is 6.25. The summed E-state index contributed by atoms with van der Waals surface area (Å²) in [6.07, 6.45) is -0.832. The highest BCUT2D eigenvalue weighted by Crippen LogP contribution is 2.23. The average molecular weight is 319 g/mol. The summed E-state index contributed by atoms with van der Waals surface area (Å²) < 4.78 is 5.56. The predicted molar refractivity (Wildman–Crippen MR) is 82.5 cm³/mol. The smallest absolute Gasteiger partial charge is 0.361 e. The molecular formula is C17H21NO5. The first kappa shape index (κ1) is 17.1. The molecule has 0 aliphatic carbocycles. The van der Waals surface area contributed by atoms with E-state index >= 15 is 0 Å². The van der Waals surface area contributed by atoms with Crippen molar-refractivity contribution in [3.05, 3.63) is 35.4 Å². The molecule has 1 aromatic rings. The van der Waals surface area contributed by atoms with Gasteiger partial charge < -0.3 is 9.57 Å². The molecule has 124 valence electrons. The van der Waals surface area contributed by atoms with Crippen LogP contribution in [0.1, 0.15) is 48.4 Å². The summed E-state index contributed by atoms with van der Waals surface area (Å²) in [5.41, 5.74) is 0.462. The van der Waals surface area contributed by atoms with E-state index in [2.05, 4.69) is 0 Å². The van der Waals surface area contributed by atoms with Gasteiger partial charge in [-0.25, -0.2) is 4.79 Å². The number of ether oxygens (including phenoxy) is 1. The van der Waals surface area contributed by atoms with Crippen molar-refractivity contribution >= 4 is 17.8 Å². The molecule has 2 rings (SSSR count). The standard InChI is InChI=1S/C17H21NO5/c1-10(2)9-22-14(11(3)4)17(21)23-18-15(19)12-7-5-6-8-13(12)16(18)20/h5-8,10-11,14H,9H2,1-4H3. The van der Waals surface area contributed by atoms with E-state index in [9.17, 15) is 14.4 Å². The molecular weight excluding hydrogens is 298 g/mol. The van der Waals surface area contributed by atoms with Crippen LogP contribution in [0.25, 0.3) is 0 Å². The molecule has 1 aliphatic rings. The number of benzene rings is 1. The lowest BCUT2D eigenvalue weighted by atomic mass is 10.1. The third-order valence-electron chi connectivity index (χ3n) is 3.38. The molecule has 0 spiro atoms. The zero-order valence-corrected chi connectivity index (χ0v) is 13.7. The zero-order valence-electron chi connectivity index (χ0n) is 13.7. The predicted octanol–water partition coefficient (Wildman–Crippen LogP) is 2.44. The highest BCUT2D eigenvalue weighted by molar-refractivity contribution is 6.20. The Labute approximate surface area is 135 Å². The SMILES string of the molecule is CC(C)COC(C(=O)ON1C(=O)c2ccccc2C1=O)C(C)C. The van der Waals surface area contributed by atoms with Gasteiger partial charge in [0, 0.05) is 0 Å². The third kappa shape index (κ3) is 3.59. The summed E-state index contributed by atoms with van der Waals surface area (Å²) in [6, 6.07) is 6.35. The second kappa shape index (κ2) is 6.91. The summed E-state index contributed by atoms with van der Waals surface area (Å²) >= 11 is 0. The molecule has 6 heteroatoms. The van der Waals surface area contributed by atoms with Gasteiger partial charge in [-0.05, 0) is 24.0 Å². The minimum Gasteiger partial charge on any atom is -0.366 e. The summed E-state index contributed by atoms with van der Waals surface area (Å²) in [5.74, 6) is -1.90. The van der Waals surface area contributed by atoms with Crippen LogP contribution in [0.4, 0.5) is 0 Å². The summed E-state index contributed by atoms with van der Waals surface area (Å²) in [5, 5.41) is 0.515. The first-order valence-electron chi connectivity index (χ1n) is 7.64. The fourth-order valence-electron chi connectivity index (χ4n) is 2.22. The second-order valence-electron chi connectivity index (χ2n) is 6.25. The van der Waals surface area contributed by atoms with E-state index in [1.807, 2.05) is 27.7 Å². The maximum atomic E-state index is 12.3. The molecule has 6 nitrogen and oxygen atoms in total. The first-order chi connectivity index (χ1) is 10.8. The minimum absolute atomic E-state index is 0.142. The first-order valence-corrected chi connectivity index (χ1v) is 7.64. The minimum atomic E-state index is -0.832. The van der Waals surface area contributed by atoms with Crippen LogP contribution in [-0.4, -0.2) is 35.6 Å². The number of carbonyl (C=O) groups excluding carboxylic acids is 3. The van der Waals surface area contributed by atoms with E-state index in [0.29, 0.717) is 11.7 Å². The van der Waals surface area contributed by atoms with E-state index in [-0.39, 0.29) is 23.0 Å². The Morgan fingerprint density at radius 1 is 1.04 bits per heavy atom. The van der Waals surface area contributed by atoms with Crippen molar-refractivity contribution in [3.8, 4) is 0 Å². The Bertz CT molecular complexity index is 588. The van der Waals surface area contributed by atoms with Crippen molar-refractivity contribution < 1.29 is 24.0 Å². The molecule has 1 atom stereocenters. The summed E-state index contributed by atoms with van der Waals surface area (Å²) in [7, 11) is 0. The van der Waals surface area contributed by atoms with Crippen LogP contribution in [0.3, 0.4) is 0 Å². The largest absolute Gasteiger partial charge is 0.366 e. The Kier molecular flexibility index (Phi) is 5.15. The molecule has 0 saturated heterocycles. The van der Waals surface area contributed by atoms with Gasteiger partial charge in [-0.15, -0.1) is 0 Å². The number of hydroxylamine groups is 2. The van der Waals surface area contributed by atoms with Gasteiger partial charge in [-0.1, -0.05) is 44.9 Å². The van der Waals surface area contributed by atoms with Gasteiger partial charge in [0.15, 0.2) is 6.10 Å². The molecule has 0 radical (unpaired) electrons. The van der Waals surface area contributed by atoms with E-state index in [4.69, 9.17) is 9.57 Å². The maximum Gasteiger partial charge on any atom is 0.361 e. The number of hydrogen-bond donors (Lipinski definition) is 0. The van der Waals surface area contributed by atoms with Crippen LogP contribution in [-0.2, 0) is 14.4 Å². The number of hydrogen-bond acceptors (Lipinski definition) is 5. The zero-order chi connectivity index (χ0) is 17.1. The van der Waals surface area contributed by atoms with Crippen LogP contribution >= 0.6 is 0 Å². The number of fused-ring (bicyclic) bond motifs is 1. The molecule has 0 bridgehead atoms. The molecule has 1 aromatic carbocycles. The van der Waals surface area contributed by atoms with E-state index in [0.717, 1.165) is 0 Å². The molecule has 23 heavy (non-hydrogen) atoms. The van der Waals surface area contributed by atoms with Crippen LogP contribution in [0.5, 0.6) is 0 Å². The van der Waals surface area contributed by atoms with Gasteiger partial charge in [0.05, 0.1) is 17.7 Å². The van der Waals surface area contributed by atoms with Gasteiger partial charge in [0.1, 0.15) is 0 Å². The van der Waals surface area contributed by atoms with Gasteiger partial charge >= 0.3 is 5.97 Å². The van der Waals surface area contributed by atoms with E-state index < -0.39 is 23.9 Å². The Morgan fingerprint density at radius 2 is 1.57 bits per heavy atom. The molecule has 0 saturated carbocycles. The number of imide groups is 1. The highest BCUT2D eigenvalue weighted by atomic mass is 16.7. The summed E-state index contributed by atoms with van der Waals surface area (Å²) in [4.78, 5) is 41.7. The van der Waals surface area contributed by atoms with Gasteiger partial charge in [-0.3, -0.25) is 9.59 Å². The van der Waals surface area contributed by atoms with Crippen molar-refractivity contribution in [2.45, 2.75) is 33.8 Å².